The number of alkyl carbamates (subject to hydrolysis) is 1. The fourth-order valence-corrected chi connectivity index (χ4v) is 7.85. The topological polar surface area (TPSA) is 157 Å². The lowest BCUT2D eigenvalue weighted by Gasteiger charge is -2.37. The smallest absolute Gasteiger partial charge is 0.408 e. The second-order valence-corrected chi connectivity index (χ2v) is 18.1. The van der Waals surface area contributed by atoms with Gasteiger partial charge in [-0.1, -0.05) is 56.3 Å². The van der Waals surface area contributed by atoms with E-state index in [1.807, 2.05) is 77.1 Å². The Morgan fingerprint density at radius 3 is 2.05 bits per heavy atom. The van der Waals surface area contributed by atoms with Crippen molar-refractivity contribution in [2.75, 3.05) is 45.8 Å². The van der Waals surface area contributed by atoms with Crippen LogP contribution in [0.25, 0.3) is 0 Å². The molecule has 0 unspecified atom stereocenters. The molecule has 4 amide bonds. The molecule has 0 spiro atoms. The van der Waals surface area contributed by atoms with Gasteiger partial charge in [-0.05, 0) is 92.6 Å². The van der Waals surface area contributed by atoms with Crippen molar-refractivity contribution in [2.45, 2.75) is 125 Å². The summed E-state index contributed by atoms with van der Waals surface area (Å²) >= 11 is 0. The number of Topliss-reactive ketones (excluding diaryl/α,β-unsaturated/α-hetero) is 2. The average Bonchev–Trinajstić information content (AvgIpc) is 3.66. The number of rotatable bonds is 16. The first kappa shape index (κ1) is 47.1. The maximum Gasteiger partial charge on any atom is 0.408 e. The molecule has 0 saturated carbocycles. The van der Waals surface area contributed by atoms with E-state index in [4.69, 9.17) is 4.74 Å². The maximum atomic E-state index is 14.5. The highest BCUT2D eigenvalue weighted by Crippen LogP contribution is 2.26. The molecule has 0 bridgehead atoms. The van der Waals surface area contributed by atoms with Gasteiger partial charge in [0.15, 0.2) is 11.6 Å². The number of hydrogen-bond acceptors (Lipinski definition) is 9. The second-order valence-electron chi connectivity index (χ2n) is 18.1. The van der Waals surface area contributed by atoms with Gasteiger partial charge in [-0.25, -0.2) is 4.79 Å². The van der Waals surface area contributed by atoms with Crippen LogP contribution in [0.4, 0.5) is 4.79 Å². The van der Waals surface area contributed by atoms with Crippen LogP contribution >= 0.6 is 0 Å². The van der Waals surface area contributed by atoms with Crippen molar-refractivity contribution in [3.63, 3.8) is 0 Å². The summed E-state index contributed by atoms with van der Waals surface area (Å²) in [5.74, 6) is -1.37. The van der Waals surface area contributed by atoms with Crippen LogP contribution < -0.4 is 16.0 Å². The first-order valence-corrected chi connectivity index (χ1v) is 21.3. The Morgan fingerprint density at radius 2 is 1.44 bits per heavy atom. The molecule has 59 heavy (non-hydrogen) atoms. The van der Waals surface area contributed by atoms with E-state index in [0.717, 1.165) is 5.56 Å². The Balaban J connectivity index is 1.47. The number of carbonyl (C=O) groups excluding carboxylic acids is 6. The minimum atomic E-state index is -0.858. The maximum absolute atomic E-state index is 14.5. The summed E-state index contributed by atoms with van der Waals surface area (Å²) in [5, 5.41) is 8.94. The number of carbonyl (C=O) groups is 6. The van der Waals surface area contributed by atoms with Crippen LogP contribution in [0, 0.1) is 11.8 Å². The number of benzene rings is 1. The Hall–Kier alpha value is -4.62. The molecule has 2 saturated heterocycles. The molecular weight excluding hydrogens is 749 g/mol. The number of nitrogens with zero attached hydrogens (tertiary/aromatic N) is 3. The van der Waals surface area contributed by atoms with Crippen molar-refractivity contribution in [1.29, 1.82) is 0 Å². The monoisotopic (exact) mass is 817 g/mol. The predicted octanol–water partition coefficient (Wildman–Crippen LogP) is 4.76. The zero-order valence-corrected chi connectivity index (χ0v) is 37.0. The second kappa shape index (κ2) is 21.1. The van der Waals surface area contributed by atoms with E-state index >= 15 is 0 Å². The summed E-state index contributed by atoms with van der Waals surface area (Å²) in [5.41, 5.74) is 2.35. The van der Waals surface area contributed by atoms with Gasteiger partial charge in [-0.15, -0.1) is 0 Å². The number of ketones is 2. The highest BCUT2D eigenvalue weighted by Gasteiger charge is 2.39. The molecule has 13 heteroatoms. The third kappa shape index (κ3) is 13.7. The lowest BCUT2D eigenvalue weighted by Crippen LogP contribution is -2.59. The molecule has 1 aromatic rings. The number of ether oxygens (including phenoxy) is 1. The van der Waals surface area contributed by atoms with Crippen molar-refractivity contribution >= 4 is 35.4 Å². The van der Waals surface area contributed by atoms with Crippen molar-refractivity contribution in [2.24, 2.45) is 11.8 Å². The number of hydrogen-bond donors (Lipinski definition) is 3. The Bertz CT molecular complexity index is 1790. The van der Waals surface area contributed by atoms with Crippen molar-refractivity contribution in [1.82, 2.24) is 30.7 Å². The van der Waals surface area contributed by atoms with Crippen LogP contribution in [0.15, 0.2) is 64.8 Å². The van der Waals surface area contributed by atoms with Gasteiger partial charge in [0.1, 0.15) is 17.7 Å². The van der Waals surface area contributed by atoms with Crippen molar-refractivity contribution in [3.05, 3.63) is 70.3 Å². The number of amides is 4. The van der Waals surface area contributed by atoms with Crippen LogP contribution in [-0.4, -0.2) is 126 Å². The fraction of sp³-hybridized carbons (Fsp3) is 0.609. The Labute approximate surface area is 351 Å². The number of likely N-dealkylation sites (tertiary alicyclic amines) is 1. The van der Waals surface area contributed by atoms with E-state index in [-0.39, 0.29) is 53.8 Å². The van der Waals surface area contributed by atoms with Gasteiger partial charge in [0.05, 0.1) is 12.0 Å². The summed E-state index contributed by atoms with van der Waals surface area (Å²) in [6.45, 7) is 21.9. The van der Waals surface area contributed by atoms with E-state index in [1.54, 1.807) is 25.7 Å². The molecule has 1 aliphatic carbocycles. The van der Waals surface area contributed by atoms with Crippen LogP contribution in [-0.2, 0) is 35.1 Å². The lowest BCUT2D eigenvalue weighted by atomic mass is 9.85. The van der Waals surface area contributed by atoms with Gasteiger partial charge < -0.3 is 25.6 Å². The molecule has 3 N–H and O–H groups in total. The largest absolute Gasteiger partial charge is 0.444 e. The summed E-state index contributed by atoms with van der Waals surface area (Å²) in [6.07, 6.45) is 5.35. The van der Waals surface area contributed by atoms with E-state index in [2.05, 4.69) is 39.6 Å². The van der Waals surface area contributed by atoms with Crippen LogP contribution in [0.1, 0.15) is 94.1 Å². The zero-order chi connectivity index (χ0) is 43.6. The molecule has 13 nitrogen and oxygen atoms in total. The molecule has 2 aliphatic heterocycles. The van der Waals surface area contributed by atoms with Gasteiger partial charge in [-0.3, -0.25) is 33.8 Å². The van der Waals surface area contributed by atoms with Gasteiger partial charge >= 0.3 is 6.09 Å². The minimum Gasteiger partial charge on any atom is -0.444 e. The molecule has 0 aromatic heterocycles. The van der Waals surface area contributed by atoms with E-state index < -0.39 is 29.7 Å². The average molecular weight is 817 g/mol. The third-order valence-electron chi connectivity index (χ3n) is 11.1. The van der Waals surface area contributed by atoms with E-state index in [9.17, 15) is 28.8 Å². The predicted molar refractivity (Wildman–Crippen MR) is 229 cm³/mol. The molecule has 3 aliphatic rings. The molecule has 2 fully saturated rings. The minimum absolute atomic E-state index is 0.0810. The summed E-state index contributed by atoms with van der Waals surface area (Å²) in [6, 6.07) is 7.59. The van der Waals surface area contributed by atoms with Crippen LogP contribution in [0.3, 0.4) is 0 Å². The summed E-state index contributed by atoms with van der Waals surface area (Å²) in [7, 11) is 0. The molecule has 4 rings (SSSR count). The number of piperazine rings is 1. The molecular formula is C46H68N6O7. The summed E-state index contributed by atoms with van der Waals surface area (Å²) < 4.78 is 5.53. The van der Waals surface area contributed by atoms with Gasteiger partial charge in [-0.2, -0.15) is 0 Å². The quantitative estimate of drug-likeness (QED) is 0.158. The fourth-order valence-electron chi connectivity index (χ4n) is 7.85. The van der Waals surface area contributed by atoms with Gasteiger partial charge in [0.25, 0.3) is 0 Å². The van der Waals surface area contributed by atoms with Crippen LogP contribution in [0.5, 0.6) is 0 Å². The molecule has 2 heterocycles. The first-order valence-electron chi connectivity index (χ1n) is 21.3. The normalized spacial score (nSPS) is 20.1. The summed E-state index contributed by atoms with van der Waals surface area (Å²) in [4.78, 5) is 86.8. The zero-order valence-electron chi connectivity index (χ0n) is 37.0. The Morgan fingerprint density at radius 1 is 0.814 bits per heavy atom. The van der Waals surface area contributed by atoms with E-state index in [1.165, 1.54) is 0 Å². The van der Waals surface area contributed by atoms with Gasteiger partial charge in [0.2, 0.25) is 17.7 Å². The molecule has 0 radical (unpaired) electrons. The van der Waals surface area contributed by atoms with E-state index in [0.29, 0.717) is 87.2 Å². The first-order chi connectivity index (χ1) is 27.7. The SMILES string of the molecule is CC1=C(C)C(=O)C(CN2CCN(C[C@H](NC(=O)[C@@H]3CCCN3C(=O)[C@H](/C=C/[C@H](CC(C)C)NC(=O)OC(C)(C)C)Cc3ccccc3)C(=O)NC(C)C)CC2)=C(C)C1=O. The van der Waals surface area contributed by atoms with Crippen molar-refractivity contribution < 1.29 is 33.5 Å². The van der Waals surface area contributed by atoms with Crippen molar-refractivity contribution in [3.8, 4) is 0 Å². The third-order valence-corrected chi connectivity index (χ3v) is 11.1. The standard InChI is InChI=1S/C46H68N6O7/c1-29(2)25-36(48-45(58)59-46(8,9)10)19-18-35(26-34-15-12-11-13-16-34)44(57)52-20-14-17-39(52)43(56)49-38(42(55)47-30(3)4)28-51-23-21-50(22-24-51)27-37-33(7)40(53)31(5)32(6)41(37)54/h11-13,15-16,18-19,29-30,35-36,38-39H,14,17,20-28H2,1-10H3,(H,47,55)(H,48,58)(H,49,56)/b19-18+/t35-,36-,38+,39+/m1/s1. The lowest BCUT2D eigenvalue weighted by molar-refractivity contribution is -0.141. The molecule has 1 aromatic carbocycles. The molecule has 4 atom stereocenters. The molecule has 324 valence electrons. The Kier molecular flexibility index (Phi) is 16.8. The highest BCUT2D eigenvalue weighted by molar-refractivity contribution is 6.24. The van der Waals surface area contributed by atoms with Gasteiger partial charge in [0, 0.05) is 74.1 Å². The van der Waals surface area contributed by atoms with Crippen LogP contribution in [0.2, 0.25) is 0 Å². The number of nitrogens with one attached hydrogen (secondary N) is 3. The number of allylic oxidation sites excluding steroid dienone is 3. The highest BCUT2D eigenvalue weighted by atomic mass is 16.6.